The molecule has 1 unspecified atom stereocenters. The van der Waals surface area contributed by atoms with Crippen molar-refractivity contribution in [3.05, 3.63) is 27.5 Å². The van der Waals surface area contributed by atoms with Crippen molar-refractivity contribution in [2.45, 2.75) is 58.8 Å². The van der Waals surface area contributed by atoms with Gasteiger partial charge in [-0.1, -0.05) is 26.3 Å². The maximum Gasteiger partial charge on any atom is 0.0354 e. The first-order valence-corrected chi connectivity index (χ1v) is 9.05. The third-order valence-electron chi connectivity index (χ3n) is 4.84. The lowest BCUT2D eigenvalue weighted by atomic mass is 9.83. The predicted molar refractivity (Wildman–Crippen MR) is 89.2 cm³/mol. The van der Waals surface area contributed by atoms with Crippen LogP contribution in [-0.2, 0) is 12.8 Å². The summed E-state index contributed by atoms with van der Waals surface area (Å²) in [4.78, 5) is 3.11. The molecule has 0 aliphatic heterocycles. The molecule has 2 heteroatoms. The van der Waals surface area contributed by atoms with Gasteiger partial charge in [0.05, 0.1) is 0 Å². The van der Waals surface area contributed by atoms with Crippen LogP contribution in [-0.4, -0.2) is 6.54 Å². The number of aryl methyl sites for hydroxylation is 2. The maximum absolute atomic E-state index is 4.33. The molecule has 3 rings (SSSR count). The van der Waals surface area contributed by atoms with Crippen molar-refractivity contribution in [1.82, 2.24) is 5.32 Å². The van der Waals surface area contributed by atoms with Gasteiger partial charge in [0.15, 0.2) is 0 Å². The molecule has 1 nitrogen and oxygen atoms in total. The van der Waals surface area contributed by atoms with Gasteiger partial charge in [0.1, 0.15) is 0 Å². The van der Waals surface area contributed by atoms with Crippen LogP contribution in [0.2, 0.25) is 0 Å². The zero-order valence-corrected chi connectivity index (χ0v) is 13.7. The Morgan fingerprint density at radius 3 is 2.80 bits per heavy atom. The molecule has 1 heterocycles. The van der Waals surface area contributed by atoms with E-state index in [0.717, 1.165) is 18.4 Å². The first-order chi connectivity index (χ1) is 9.69. The molecule has 1 saturated carbocycles. The Morgan fingerprint density at radius 1 is 1.30 bits per heavy atom. The first-order valence-electron chi connectivity index (χ1n) is 8.23. The molecule has 1 N–H and O–H groups in total. The highest BCUT2D eigenvalue weighted by atomic mass is 32.1. The van der Waals surface area contributed by atoms with Gasteiger partial charge in [0.25, 0.3) is 0 Å². The highest BCUT2D eigenvalue weighted by molar-refractivity contribution is 7.12. The van der Waals surface area contributed by atoms with E-state index in [4.69, 9.17) is 0 Å². The average molecular weight is 289 g/mol. The number of rotatable bonds is 6. The smallest absolute Gasteiger partial charge is 0.0354 e. The van der Waals surface area contributed by atoms with Gasteiger partial charge in [0, 0.05) is 27.6 Å². The van der Waals surface area contributed by atoms with Gasteiger partial charge in [-0.25, -0.2) is 0 Å². The minimum absolute atomic E-state index is 0.900. The molecule has 2 aliphatic carbocycles. The standard InChI is InChI=1S/C18H27NS/c1-4-5-14-8-9-17-16(10-14)18(13(3)20-17)12(2)19-11-15-6-7-15/h14-15,19H,2,4-11H2,1,3H3. The summed E-state index contributed by atoms with van der Waals surface area (Å²) in [6.07, 6.45) is 9.48. The van der Waals surface area contributed by atoms with Gasteiger partial charge in [-0.3, -0.25) is 0 Å². The number of fused-ring (bicyclic) bond motifs is 1. The molecule has 0 bridgehead atoms. The number of hydrogen-bond acceptors (Lipinski definition) is 2. The normalized spacial score (nSPS) is 21.6. The van der Waals surface area contributed by atoms with Crippen molar-refractivity contribution in [3.63, 3.8) is 0 Å². The molecular formula is C18H27NS. The van der Waals surface area contributed by atoms with E-state index in [9.17, 15) is 0 Å². The van der Waals surface area contributed by atoms with Crippen LogP contribution in [0, 0.1) is 18.8 Å². The second kappa shape index (κ2) is 5.93. The molecule has 0 aromatic carbocycles. The van der Waals surface area contributed by atoms with Gasteiger partial charge in [-0.05, 0) is 56.4 Å². The van der Waals surface area contributed by atoms with Crippen LogP contribution >= 0.6 is 11.3 Å². The Hall–Kier alpha value is -0.760. The molecule has 0 spiro atoms. The molecule has 2 aliphatic rings. The van der Waals surface area contributed by atoms with Crippen LogP contribution in [0.25, 0.3) is 5.70 Å². The molecule has 20 heavy (non-hydrogen) atoms. The van der Waals surface area contributed by atoms with Crippen molar-refractivity contribution in [2.24, 2.45) is 11.8 Å². The summed E-state index contributed by atoms with van der Waals surface area (Å²) in [5.41, 5.74) is 4.28. The monoisotopic (exact) mass is 289 g/mol. The van der Waals surface area contributed by atoms with Crippen LogP contribution in [0.1, 0.15) is 59.9 Å². The summed E-state index contributed by atoms with van der Waals surface area (Å²) in [5, 5.41) is 3.60. The minimum atomic E-state index is 0.900. The van der Waals surface area contributed by atoms with E-state index < -0.39 is 0 Å². The number of hydrogen-bond donors (Lipinski definition) is 1. The topological polar surface area (TPSA) is 12.0 Å². The molecule has 0 amide bonds. The Labute approximate surface area is 127 Å². The Bertz CT molecular complexity index is 496. The number of nitrogens with one attached hydrogen (secondary N) is 1. The van der Waals surface area contributed by atoms with Crippen molar-refractivity contribution in [1.29, 1.82) is 0 Å². The third-order valence-corrected chi connectivity index (χ3v) is 6.05. The van der Waals surface area contributed by atoms with E-state index in [1.54, 1.807) is 10.4 Å². The molecule has 1 fully saturated rings. The summed E-state index contributed by atoms with van der Waals surface area (Å²) in [6, 6.07) is 0. The first kappa shape index (κ1) is 14.2. The maximum atomic E-state index is 4.33. The lowest BCUT2D eigenvalue weighted by Crippen LogP contribution is -2.18. The van der Waals surface area contributed by atoms with E-state index in [-0.39, 0.29) is 0 Å². The van der Waals surface area contributed by atoms with E-state index >= 15 is 0 Å². The van der Waals surface area contributed by atoms with Crippen molar-refractivity contribution in [3.8, 4) is 0 Å². The highest BCUT2D eigenvalue weighted by Gasteiger charge is 2.26. The van der Waals surface area contributed by atoms with Gasteiger partial charge in [0.2, 0.25) is 0 Å². The van der Waals surface area contributed by atoms with Crippen LogP contribution < -0.4 is 5.32 Å². The van der Waals surface area contributed by atoms with Crippen molar-refractivity contribution in [2.75, 3.05) is 6.54 Å². The summed E-state index contributed by atoms with van der Waals surface area (Å²) < 4.78 is 0. The van der Waals surface area contributed by atoms with Crippen LogP contribution in [0.4, 0.5) is 0 Å². The van der Waals surface area contributed by atoms with Gasteiger partial charge < -0.3 is 5.32 Å². The van der Waals surface area contributed by atoms with Crippen LogP contribution in [0.15, 0.2) is 6.58 Å². The molecule has 1 aromatic heterocycles. The van der Waals surface area contributed by atoms with Gasteiger partial charge in [-0.2, -0.15) is 0 Å². The molecule has 0 saturated heterocycles. The van der Waals surface area contributed by atoms with E-state index in [0.29, 0.717) is 0 Å². The van der Waals surface area contributed by atoms with Crippen LogP contribution in [0.3, 0.4) is 0 Å². The van der Waals surface area contributed by atoms with Gasteiger partial charge >= 0.3 is 0 Å². The lowest BCUT2D eigenvalue weighted by Gasteiger charge is -2.23. The summed E-state index contributed by atoms with van der Waals surface area (Å²) >= 11 is 2.01. The minimum Gasteiger partial charge on any atom is -0.385 e. The SMILES string of the molecule is C=C(NCC1CC1)c1c(C)sc2c1CC(CCC)CC2. The average Bonchev–Trinajstić information content (AvgIpc) is 3.18. The third kappa shape index (κ3) is 2.95. The summed E-state index contributed by atoms with van der Waals surface area (Å²) in [6.45, 7) is 10.0. The Morgan fingerprint density at radius 2 is 2.10 bits per heavy atom. The fourth-order valence-corrected chi connectivity index (χ4v) is 4.77. The number of thiophene rings is 1. The lowest BCUT2D eigenvalue weighted by molar-refractivity contribution is 0.425. The fraction of sp³-hybridized carbons (Fsp3) is 0.667. The van der Waals surface area contributed by atoms with E-state index in [2.05, 4.69) is 25.7 Å². The Kier molecular flexibility index (Phi) is 4.21. The van der Waals surface area contributed by atoms with Crippen LogP contribution in [0.5, 0.6) is 0 Å². The zero-order valence-electron chi connectivity index (χ0n) is 12.9. The Balaban J connectivity index is 1.76. The molecule has 1 aromatic rings. The fourth-order valence-electron chi connectivity index (χ4n) is 3.52. The van der Waals surface area contributed by atoms with E-state index in [1.165, 1.54) is 61.1 Å². The summed E-state index contributed by atoms with van der Waals surface area (Å²) in [7, 11) is 0. The molecular weight excluding hydrogens is 262 g/mol. The molecule has 0 radical (unpaired) electrons. The quantitative estimate of drug-likeness (QED) is 0.783. The molecule has 1 atom stereocenters. The second-order valence-electron chi connectivity index (χ2n) is 6.64. The molecule has 110 valence electrons. The zero-order chi connectivity index (χ0) is 14.1. The van der Waals surface area contributed by atoms with Crippen molar-refractivity contribution < 1.29 is 0 Å². The second-order valence-corrected chi connectivity index (χ2v) is 7.94. The summed E-state index contributed by atoms with van der Waals surface area (Å²) in [5.74, 6) is 1.81. The largest absolute Gasteiger partial charge is 0.385 e. The van der Waals surface area contributed by atoms with E-state index in [1.807, 2.05) is 11.3 Å². The highest BCUT2D eigenvalue weighted by Crippen LogP contribution is 2.39. The van der Waals surface area contributed by atoms with Crippen molar-refractivity contribution >= 4 is 17.0 Å². The van der Waals surface area contributed by atoms with Gasteiger partial charge in [-0.15, -0.1) is 11.3 Å². The predicted octanol–water partition coefficient (Wildman–Crippen LogP) is 4.93.